The molecule has 5 aliphatic carbocycles. The maximum absolute atomic E-state index is 2.80. The van der Waals surface area contributed by atoms with Gasteiger partial charge in [0.05, 0.1) is 0 Å². The third-order valence-corrected chi connectivity index (χ3v) is 22.1. The zero-order chi connectivity index (χ0) is 29.2. The van der Waals surface area contributed by atoms with Gasteiger partial charge in [-0.05, 0) is 142 Å². The Morgan fingerprint density at radius 3 is 1.05 bits per heavy atom. The maximum Gasteiger partial charge on any atom is 0.0292 e. The van der Waals surface area contributed by atoms with Crippen LogP contribution < -0.4 is 9.24 Å². The summed E-state index contributed by atoms with van der Waals surface area (Å²) in [6.07, 6.45) is 34.0. The second kappa shape index (κ2) is 14.8. The third kappa shape index (κ3) is 7.00. The van der Waals surface area contributed by atoms with Gasteiger partial charge in [-0.25, -0.2) is 0 Å². The lowest BCUT2D eigenvalue weighted by molar-refractivity contribution is 0.487. The van der Waals surface area contributed by atoms with Crippen molar-refractivity contribution in [3.8, 4) is 0 Å². The lowest BCUT2D eigenvalue weighted by Crippen LogP contribution is -2.25. The Bertz CT molecular complexity index is 1100. The normalized spacial score (nSPS) is 24.2. The Labute approximate surface area is 274 Å². The number of hydrogen-bond acceptors (Lipinski definition) is 2. The first-order valence-corrected chi connectivity index (χ1v) is 23.3. The molecule has 2 heterocycles. The SMILES string of the molecule is Cc1sc(P(C2CCCCC2)C2CCCCC2)cc1C1=C(c2cc(P(C3CCCCC3)C3CCCCC3)sc2C)CCC1. The fraction of sp³-hybridized carbons (Fsp3) is 0.744. The molecule has 0 bridgehead atoms. The quantitative estimate of drug-likeness (QED) is 0.249. The summed E-state index contributed by atoms with van der Waals surface area (Å²) in [4.78, 5) is 3.28. The molecule has 236 valence electrons. The first kappa shape index (κ1) is 31.6. The summed E-state index contributed by atoms with van der Waals surface area (Å²) in [5, 5.41) is 0. The molecule has 7 rings (SSSR count). The number of hydrogen-bond donors (Lipinski definition) is 0. The lowest BCUT2D eigenvalue weighted by atomic mass is 9.98. The molecule has 5 aliphatic rings. The van der Waals surface area contributed by atoms with Crippen LogP contribution >= 0.6 is 38.5 Å². The van der Waals surface area contributed by atoms with Crippen molar-refractivity contribution in [1.82, 2.24) is 0 Å². The molecule has 0 spiro atoms. The van der Waals surface area contributed by atoms with Crippen LogP contribution in [0.1, 0.15) is 169 Å². The van der Waals surface area contributed by atoms with Crippen molar-refractivity contribution >= 4 is 58.9 Å². The minimum atomic E-state index is 0.00422. The predicted octanol–water partition coefficient (Wildman–Crippen LogP) is 13.1. The molecule has 4 heteroatoms. The van der Waals surface area contributed by atoms with Gasteiger partial charge >= 0.3 is 0 Å². The summed E-state index contributed by atoms with van der Waals surface area (Å²) in [6.45, 7) is 4.97. The number of allylic oxidation sites excluding steroid dienone is 2. The zero-order valence-electron chi connectivity index (χ0n) is 27.4. The molecule has 0 radical (unpaired) electrons. The molecule has 4 saturated carbocycles. The van der Waals surface area contributed by atoms with Gasteiger partial charge in [0.1, 0.15) is 0 Å². The van der Waals surface area contributed by atoms with Crippen LogP contribution in [-0.2, 0) is 0 Å². The van der Waals surface area contributed by atoms with Crippen molar-refractivity contribution in [3.05, 3.63) is 33.0 Å². The second-order valence-electron chi connectivity index (χ2n) is 14.9. The fourth-order valence-corrected chi connectivity index (χ4v) is 21.8. The van der Waals surface area contributed by atoms with Gasteiger partial charge in [0.25, 0.3) is 0 Å². The summed E-state index contributed by atoms with van der Waals surface area (Å²) in [6, 6.07) is 5.60. The minimum absolute atomic E-state index is 0.00422. The van der Waals surface area contributed by atoms with E-state index in [1.165, 1.54) is 148 Å². The van der Waals surface area contributed by atoms with E-state index < -0.39 is 0 Å². The first-order chi connectivity index (χ1) is 21.2. The van der Waals surface area contributed by atoms with Crippen LogP contribution in [-0.4, -0.2) is 22.6 Å². The second-order valence-corrected chi connectivity index (χ2v) is 23.5. The van der Waals surface area contributed by atoms with Crippen LogP contribution in [0.5, 0.6) is 0 Å². The van der Waals surface area contributed by atoms with E-state index in [-0.39, 0.29) is 15.8 Å². The van der Waals surface area contributed by atoms with Crippen molar-refractivity contribution in [2.24, 2.45) is 0 Å². The van der Waals surface area contributed by atoms with Gasteiger partial charge in [0, 0.05) is 19.0 Å². The van der Waals surface area contributed by atoms with E-state index in [1.54, 1.807) is 32.0 Å². The van der Waals surface area contributed by atoms with Crippen molar-refractivity contribution in [1.29, 1.82) is 0 Å². The molecular weight excluding hydrogens is 595 g/mol. The molecule has 0 aliphatic heterocycles. The average molecular weight is 653 g/mol. The summed E-state index contributed by atoms with van der Waals surface area (Å²) >= 11 is 4.49. The molecular formula is C39H58P2S2. The van der Waals surface area contributed by atoms with E-state index in [2.05, 4.69) is 48.7 Å². The van der Waals surface area contributed by atoms with Crippen LogP contribution in [0.2, 0.25) is 0 Å². The van der Waals surface area contributed by atoms with Crippen LogP contribution in [0, 0.1) is 13.8 Å². The van der Waals surface area contributed by atoms with E-state index in [4.69, 9.17) is 0 Å². The van der Waals surface area contributed by atoms with Gasteiger partial charge in [0.15, 0.2) is 0 Å². The summed E-state index contributed by atoms with van der Waals surface area (Å²) in [7, 11) is 0.00844. The van der Waals surface area contributed by atoms with Crippen LogP contribution in [0.3, 0.4) is 0 Å². The molecule has 0 saturated heterocycles. The van der Waals surface area contributed by atoms with Crippen molar-refractivity contribution in [2.45, 2.75) is 184 Å². The van der Waals surface area contributed by atoms with Gasteiger partial charge in [-0.3, -0.25) is 0 Å². The molecule has 0 amide bonds. The van der Waals surface area contributed by atoms with E-state index in [0.29, 0.717) is 0 Å². The highest BCUT2D eigenvalue weighted by Crippen LogP contribution is 2.58. The van der Waals surface area contributed by atoms with E-state index in [9.17, 15) is 0 Å². The minimum Gasteiger partial charge on any atom is -0.140 e. The molecule has 0 atom stereocenters. The summed E-state index contributed by atoms with van der Waals surface area (Å²) in [5.41, 5.74) is 10.9. The molecule has 2 aromatic rings. The Morgan fingerprint density at radius 2 is 0.744 bits per heavy atom. The highest BCUT2D eigenvalue weighted by Gasteiger charge is 2.36. The van der Waals surface area contributed by atoms with E-state index in [0.717, 1.165) is 22.6 Å². The number of aryl methyl sites for hydroxylation is 2. The standard InChI is InChI=1S/C39H58P2S2/c1-28-36(26-38(42-28)40(30-16-7-3-8-17-30)31-18-9-4-10-19-31)34-24-15-25-35(34)37-27-39(43-29(37)2)41(32-20-11-5-12-21-32)33-22-13-6-14-23-33/h26-27,30-33H,3-25H2,1-2H3. The Hall–Kier alpha value is -0.0000000000000000278. The summed E-state index contributed by atoms with van der Waals surface area (Å²) < 4.78 is 3.70. The van der Waals surface area contributed by atoms with Gasteiger partial charge in [-0.2, -0.15) is 0 Å². The van der Waals surface area contributed by atoms with Crippen molar-refractivity contribution < 1.29 is 0 Å². The molecule has 0 aromatic carbocycles. The van der Waals surface area contributed by atoms with Crippen molar-refractivity contribution in [2.75, 3.05) is 0 Å². The van der Waals surface area contributed by atoms with Crippen LogP contribution in [0.4, 0.5) is 0 Å². The van der Waals surface area contributed by atoms with Gasteiger partial charge in [-0.15, -0.1) is 22.7 Å². The van der Waals surface area contributed by atoms with Gasteiger partial charge in [0.2, 0.25) is 0 Å². The van der Waals surface area contributed by atoms with Gasteiger partial charge in [-0.1, -0.05) is 92.9 Å². The molecule has 0 unspecified atom stereocenters. The molecule has 2 aromatic heterocycles. The Morgan fingerprint density at radius 1 is 0.442 bits per heavy atom. The highest BCUT2D eigenvalue weighted by molar-refractivity contribution is 7.73. The maximum atomic E-state index is 2.80. The van der Waals surface area contributed by atoms with Gasteiger partial charge < -0.3 is 0 Å². The van der Waals surface area contributed by atoms with Crippen molar-refractivity contribution in [3.63, 3.8) is 0 Å². The monoisotopic (exact) mass is 652 g/mol. The molecule has 4 fully saturated rings. The first-order valence-electron chi connectivity index (χ1n) is 18.7. The number of rotatable bonds is 8. The largest absolute Gasteiger partial charge is 0.140 e. The average Bonchev–Trinajstić information content (AvgIpc) is 3.78. The molecule has 0 nitrogen and oxygen atoms in total. The lowest BCUT2D eigenvalue weighted by Gasteiger charge is -2.37. The molecule has 0 N–H and O–H groups in total. The summed E-state index contributed by atoms with van der Waals surface area (Å²) in [5.74, 6) is 0. The van der Waals surface area contributed by atoms with E-state index in [1.807, 2.05) is 9.24 Å². The van der Waals surface area contributed by atoms with Crippen LogP contribution in [0.15, 0.2) is 12.1 Å². The predicted molar refractivity (Wildman–Crippen MR) is 199 cm³/mol. The van der Waals surface area contributed by atoms with Crippen LogP contribution in [0.25, 0.3) is 11.1 Å². The fourth-order valence-electron chi connectivity index (χ4n) is 9.88. The highest BCUT2D eigenvalue weighted by atomic mass is 32.1. The topological polar surface area (TPSA) is 0 Å². The number of thiophene rings is 2. The smallest absolute Gasteiger partial charge is 0.0292 e. The molecule has 43 heavy (non-hydrogen) atoms. The van der Waals surface area contributed by atoms with E-state index >= 15 is 0 Å². The Balaban J connectivity index is 1.21. The Kier molecular flexibility index (Phi) is 10.9. The third-order valence-electron chi connectivity index (χ3n) is 12.1. The zero-order valence-corrected chi connectivity index (χ0v) is 30.9.